The van der Waals surface area contributed by atoms with Crippen LogP contribution in [0.1, 0.15) is 6.99 Å². The highest BCUT2D eigenvalue weighted by molar-refractivity contribution is 5.90. The van der Waals surface area contributed by atoms with Crippen molar-refractivity contribution in [3.05, 3.63) is 23.9 Å². The second kappa shape index (κ2) is 2.48. The second-order valence-corrected chi connectivity index (χ2v) is 2.80. The van der Waals surface area contributed by atoms with Gasteiger partial charge in [0.15, 0.2) is 0 Å². The van der Waals surface area contributed by atoms with Gasteiger partial charge in [0.1, 0.15) is 5.82 Å². The molecule has 0 aliphatic carbocycles. The molecule has 2 heterocycles. The van der Waals surface area contributed by atoms with Crippen LogP contribution in [0, 0.1) is 0 Å². The second-order valence-electron chi connectivity index (χ2n) is 2.80. The summed E-state index contributed by atoms with van der Waals surface area (Å²) in [5, 5.41) is 2.69. The van der Waals surface area contributed by atoms with Crippen LogP contribution in [0.5, 0.6) is 0 Å². The molecule has 1 aliphatic heterocycles. The number of nitrogens with one attached hydrogen (secondary N) is 1. The zero-order valence-electron chi connectivity index (χ0n) is 6.74. The predicted octanol–water partition coefficient (Wildman–Crippen LogP) is 1.30. The van der Waals surface area contributed by atoms with E-state index in [1.807, 2.05) is 12.1 Å². The predicted molar refractivity (Wildman–Crippen MR) is 46.8 cm³/mol. The Morgan fingerprint density at radius 1 is 1.75 bits per heavy atom. The van der Waals surface area contributed by atoms with Gasteiger partial charge in [0.25, 0.3) is 0 Å². The molecule has 12 heavy (non-hydrogen) atoms. The Morgan fingerprint density at radius 3 is 3.42 bits per heavy atom. The number of aromatic nitrogens is 1. The van der Waals surface area contributed by atoms with E-state index in [1.165, 1.54) is 0 Å². The van der Waals surface area contributed by atoms with Crippen LogP contribution in [0.4, 0.5) is 10.6 Å². The van der Waals surface area contributed by atoms with Gasteiger partial charge in [0.2, 0.25) is 0 Å². The molecule has 0 fully saturated rings. The van der Waals surface area contributed by atoms with E-state index in [9.17, 15) is 4.79 Å². The number of amides is 2. The SMILES string of the molecule is CN1Cc2cccnc2NC1=O.[HH]. The number of hydrogen-bond acceptors (Lipinski definition) is 2. The number of hydrogen-bond donors (Lipinski definition) is 1. The quantitative estimate of drug-likeness (QED) is 0.629. The Hall–Kier alpha value is -1.58. The molecule has 64 valence electrons. The van der Waals surface area contributed by atoms with Crippen LogP contribution in [0.25, 0.3) is 0 Å². The number of anilines is 1. The molecule has 1 aliphatic rings. The van der Waals surface area contributed by atoms with E-state index in [0.717, 1.165) is 5.56 Å². The summed E-state index contributed by atoms with van der Waals surface area (Å²) in [7, 11) is 1.76. The lowest BCUT2D eigenvalue weighted by Crippen LogP contribution is -2.35. The van der Waals surface area contributed by atoms with Gasteiger partial charge in [0.05, 0.1) is 6.54 Å². The van der Waals surface area contributed by atoms with E-state index in [1.54, 1.807) is 18.1 Å². The van der Waals surface area contributed by atoms with E-state index in [4.69, 9.17) is 0 Å². The monoisotopic (exact) mass is 165 g/mol. The number of fused-ring (bicyclic) bond motifs is 1. The molecule has 0 aromatic carbocycles. The molecule has 1 aromatic rings. The van der Waals surface area contributed by atoms with Crippen molar-refractivity contribution in [2.75, 3.05) is 12.4 Å². The van der Waals surface area contributed by atoms with Gasteiger partial charge in [-0.05, 0) is 6.07 Å². The third-order valence-electron chi connectivity index (χ3n) is 1.87. The van der Waals surface area contributed by atoms with E-state index in [0.29, 0.717) is 12.4 Å². The Labute approximate surface area is 71.7 Å². The molecule has 0 spiro atoms. The van der Waals surface area contributed by atoms with Gasteiger partial charge in [-0.1, -0.05) is 6.07 Å². The number of pyridine rings is 1. The molecule has 1 N–H and O–H groups in total. The first-order valence-electron chi connectivity index (χ1n) is 3.73. The van der Waals surface area contributed by atoms with Gasteiger partial charge < -0.3 is 4.90 Å². The van der Waals surface area contributed by atoms with E-state index in [2.05, 4.69) is 10.3 Å². The lowest BCUT2D eigenvalue weighted by Gasteiger charge is -2.24. The fourth-order valence-corrected chi connectivity index (χ4v) is 1.20. The van der Waals surface area contributed by atoms with Crippen LogP contribution in [0.3, 0.4) is 0 Å². The molecule has 4 heteroatoms. The number of urea groups is 1. The molecule has 4 nitrogen and oxygen atoms in total. The first-order chi connectivity index (χ1) is 5.77. The van der Waals surface area contributed by atoms with Gasteiger partial charge in [-0.15, -0.1) is 0 Å². The number of carbonyl (C=O) groups excluding carboxylic acids is 1. The summed E-state index contributed by atoms with van der Waals surface area (Å²) >= 11 is 0. The van der Waals surface area contributed by atoms with Crippen LogP contribution in [-0.2, 0) is 6.54 Å². The third kappa shape index (κ3) is 1.01. The van der Waals surface area contributed by atoms with Crippen molar-refractivity contribution in [3.63, 3.8) is 0 Å². The maximum absolute atomic E-state index is 11.1. The van der Waals surface area contributed by atoms with Crippen molar-refractivity contribution in [1.29, 1.82) is 0 Å². The smallest absolute Gasteiger partial charge is 0.323 e. The van der Waals surface area contributed by atoms with E-state index in [-0.39, 0.29) is 7.46 Å². The minimum absolute atomic E-state index is 0. The molecule has 0 atom stereocenters. The van der Waals surface area contributed by atoms with Gasteiger partial charge in [-0.3, -0.25) is 5.32 Å². The van der Waals surface area contributed by atoms with Crippen molar-refractivity contribution in [2.24, 2.45) is 0 Å². The largest absolute Gasteiger partial charge is 0.323 e. The summed E-state index contributed by atoms with van der Waals surface area (Å²) in [5.74, 6) is 0.681. The highest BCUT2D eigenvalue weighted by Gasteiger charge is 2.18. The first kappa shape index (κ1) is 7.09. The highest BCUT2D eigenvalue weighted by atomic mass is 16.2. The van der Waals surface area contributed by atoms with Crippen LogP contribution < -0.4 is 5.32 Å². The fraction of sp³-hybridized carbons (Fsp3) is 0.250. The first-order valence-corrected chi connectivity index (χ1v) is 3.73. The molecule has 0 saturated carbocycles. The van der Waals surface area contributed by atoms with E-state index >= 15 is 0 Å². The topological polar surface area (TPSA) is 45.2 Å². The van der Waals surface area contributed by atoms with Crippen molar-refractivity contribution < 1.29 is 6.22 Å². The summed E-state index contributed by atoms with van der Waals surface area (Å²) in [6.07, 6.45) is 1.67. The summed E-state index contributed by atoms with van der Waals surface area (Å²) in [5.41, 5.74) is 1.06. The average Bonchev–Trinajstić information content (AvgIpc) is 2.07. The maximum atomic E-state index is 11.1. The normalized spacial score (nSPS) is 15.4. The standard InChI is InChI=1S/C8H9N3O.H2/c1-11-5-6-3-2-4-9-7(6)10-8(11)12;/h2-4H,5H2,1H3,(H,9,10,12);1H. The minimum atomic E-state index is -0.0961. The zero-order chi connectivity index (χ0) is 8.55. The van der Waals surface area contributed by atoms with Crippen LogP contribution in [0.2, 0.25) is 0 Å². The zero-order valence-corrected chi connectivity index (χ0v) is 6.74. The van der Waals surface area contributed by atoms with Crippen LogP contribution in [-0.4, -0.2) is 23.0 Å². The summed E-state index contributed by atoms with van der Waals surface area (Å²) in [6.45, 7) is 0.634. The third-order valence-corrected chi connectivity index (χ3v) is 1.87. The molecule has 0 unspecified atom stereocenters. The van der Waals surface area contributed by atoms with Crippen molar-refractivity contribution in [1.82, 2.24) is 9.88 Å². The van der Waals surface area contributed by atoms with Crippen molar-refractivity contribution >= 4 is 11.8 Å². The molecule has 2 rings (SSSR count). The van der Waals surface area contributed by atoms with Gasteiger partial charge in [0, 0.05) is 20.2 Å². The molecule has 0 radical (unpaired) electrons. The molecular formula is C8H11N3O. The van der Waals surface area contributed by atoms with Gasteiger partial charge in [-0.25, -0.2) is 9.78 Å². The molecule has 1 aromatic heterocycles. The Kier molecular flexibility index (Phi) is 1.46. The van der Waals surface area contributed by atoms with Gasteiger partial charge >= 0.3 is 6.03 Å². The number of nitrogens with zero attached hydrogens (tertiary/aromatic N) is 2. The highest BCUT2D eigenvalue weighted by Crippen LogP contribution is 2.18. The maximum Gasteiger partial charge on any atom is 0.323 e. The van der Waals surface area contributed by atoms with Crippen LogP contribution >= 0.6 is 0 Å². The lowest BCUT2D eigenvalue weighted by atomic mass is 10.2. The molecule has 0 bridgehead atoms. The molecular weight excluding hydrogens is 154 g/mol. The van der Waals surface area contributed by atoms with Crippen LogP contribution in [0.15, 0.2) is 18.3 Å². The van der Waals surface area contributed by atoms with Gasteiger partial charge in [-0.2, -0.15) is 0 Å². The lowest BCUT2D eigenvalue weighted by molar-refractivity contribution is 0.218. The summed E-state index contributed by atoms with van der Waals surface area (Å²) in [6, 6.07) is 3.73. The number of carbonyl (C=O) groups is 1. The number of rotatable bonds is 0. The molecule has 0 saturated heterocycles. The summed E-state index contributed by atoms with van der Waals surface area (Å²) < 4.78 is 0. The summed E-state index contributed by atoms with van der Waals surface area (Å²) in [4.78, 5) is 16.8. The van der Waals surface area contributed by atoms with Crippen molar-refractivity contribution in [3.8, 4) is 0 Å². The fourth-order valence-electron chi connectivity index (χ4n) is 1.20. The Morgan fingerprint density at radius 2 is 2.58 bits per heavy atom. The molecule has 2 amide bonds. The van der Waals surface area contributed by atoms with E-state index < -0.39 is 0 Å². The Balaban J connectivity index is 0.000000845. The van der Waals surface area contributed by atoms with Crippen molar-refractivity contribution in [2.45, 2.75) is 6.54 Å². The minimum Gasteiger partial charge on any atom is -0.323 e. The average molecular weight is 165 g/mol. The Bertz CT molecular complexity index is 329.